The summed E-state index contributed by atoms with van der Waals surface area (Å²) in [5.74, 6) is 0. The number of aliphatic imine (C=N–C) groups is 1. The van der Waals surface area contributed by atoms with Gasteiger partial charge in [-0.3, -0.25) is 0 Å². The summed E-state index contributed by atoms with van der Waals surface area (Å²) in [7, 11) is -8.82. The summed E-state index contributed by atoms with van der Waals surface area (Å²) in [6.07, 6.45) is -2.18. The molecule has 42 heavy (non-hydrogen) atoms. The lowest BCUT2D eigenvalue weighted by atomic mass is 10.1. The summed E-state index contributed by atoms with van der Waals surface area (Å²) >= 11 is 5.13. The Bertz CT molecular complexity index is 954. The molecular weight excluding hydrogens is 611 g/mol. The molecule has 0 N–H and O–H groups in total. The van der Waals surface area contributed by atoms with Gasteiger partial charge in [-0.15, -0.1) is 0 Å². The molecule has 0 aliphatic carbocycles. The summed E-state index contributed by atoms with van der Waals surface area (Å²) in [5, 5.41) is 2.69. The second kappa shape index (κ2) is 13.3. The van der Waals surface area contributed by atoms with Crippen molar-refractivity contribution in [2.24, 2.45) is 4.99 Å². The summed E-state index contributed by atoms with van der Waals surface area (Å²) in [6.45, 7) is 45.9. The van der Waals surface area contributed by atoms with Crippen molar-refractivity contribution in [1.82, 2.24) is 0 Å². The molecule has 1 fully saturated rings. The molecule has 0 bridgehead atoms. The Morgan fingerprint density at radius 3 is 1.38 bits per heavy atom. The van der Waals surface area contributed by atoms with Gasteiger partial charge in [-0.05, 0) is 84.7 Å². The Morgan fingerprint density at radius 2 is 1.02 bits per heavy atom. The van der Waals surface area contributed by atoms with Gasteiger partial charge in [-0.2, -0.15) is 4.99 Å². The normalized spacial score (nSPS) is 24.5. The Balaban J connectivity index is 3.83. The van der Waals surface area contributed by atoms with E-state index in [9.17, 15) is 0 Å². The fraction of sp³-hybridized carbons (Fsp3) is 0.968. The van der Waals surface area contributed by atoms with Crippen molar-refractivity contribution < 1.29 is 22.4 Å². The van der Waals surface area contributed by atoms with Crippen LogP contribution in [0.2, 0.25) is 72.5 Å². The minimum Gasteiger partial charge on any atom is -0.414 e. The Morgan fingerprint density at radius 1 is 0.643 bits per heavy atom. The molecule has 1 aliphatic heterocycles. The Hall–Kier alpha value is 0.468. The van der Waals surface area contributed by atoms with Crippen molar-refractivity contribution in [2.75, 3.05) is 6.61 Å². The van der Waals surface area contributed by atoms with E-state index in [-0.39, 0.29) is 32.4 Å². The average molecular weight is 678 g/mol. The highest BCUT2D eigenvalue weighted by molar-refractivity contribution is 7.78. The van der Waals surface area contributed by atoms with Crippen molar-refractivity contribution in [2.45, 2.75) is 186 Å². The van der Waals surface area contributed by atoms with E-state index >= 15 is 0 Å². The number of ether oxygens (including phenoxy) is 1. The van der Waals surface area contributed by atoms with Gasteiger partial charge >= 0.3 is 0 Å². The Labute approximate surface area is 270 Å². The predicted octanol–water partition coefficient (Wildman–Crippen LogP) is 10.0. The van der Waals surface area contributed by atoms with Crippen molar-refractivity contribution >= 4 is 50.6 Å². The molecule has 0 saturated carbocycles. The fourth-order valence-corrected chi connectivity index (χ4v) is 8.69. The van der Waals surface area contributed by atoms with E-state index in [4.69, 9.17) is 34.7 Å². The molecule has 0 aromatic heterocycles. The van der Waals surface area contributed by atoms with Gasteiger partial charge in [0.15, 0.2) is 39.5 Å². The standard InChI is InChI=1S/C31H67NO5SSi4/c1-28(2,3)39(13,14)33-21-23(35-40(15,16)29(4,5)6)24-25(36-41(17,18)30(7,8)9)26(27(34-24)32-22-38)37-42(19,20)31(10,11)12/h23-27H,21H2,1-20H3/t23-,24+,25+,26-,27+/m1/s1. The minimum absolute atomic E-state index is 0.00103. The molecule has 5 atom stereocenters. The smallest absolute Gasteiger partial charge is 0.192 e. The maximum Gasteiger partial charge on any atom is 0.192 e. The van der Waals surface area contributed by atoms with Crippen molar-refractivity contribution in [1.29, 1.82) is 0 Å². The molecule has 1 aliphatic rings. The van der Waals surface area contributed by atoms with E-state index in [2.05, 4.69) is 146 Å². The monoisotopic (exact) mass is 677 g/mol. The van der Waals surface area contributed by atoms with E-state index in [1.807, 2.05) is 0 Å². The lowest BCUT2D eigenvalue weighted by Gasteiger charge is -2.46. The van der Waals surface area contributed by atoms with Gasteiger partial charge in [0.05, 0.1) is 17.9 Å². The Kier molecular flexibility index (Phi) is 12.8. The zero-order chi connectivity index (χ0) is 33.5. The van der Waals surface area contributed by atoms with E-state index < -0.39 is 51.7 Å². The maximum absolute atomic E-state index is 7.28. The first kappa shape index (κ1) is 40.5. The zero-order valence-electron chi connectivity index (χ0n) is 31.0. The number of isothiocyanates is 1. The molecule has 1 rings (SSSR count). The van der Waals surface area contributed by atoms with Gasteiger partial charge in [-0.1, -0.05) is 83.1 Å². The quantitative estimate of drug-likeness (QED) is 0.123. The van der Waals surface area contributed by atoms with Gasteiger partial charge in [0, 0.05) is 0 Å². The van der Waals surface area contributed by atoms with Crippen molar-refractivity contribution in [3.05, 3.63) is 0 Å². The number of nitrogens with zero attached hydrogens (tertiary/aromatic N) is 1. The van der Waals surface area contributed by atoms with Crippen LogP contribution in [0.5, 0.6) is 0 Å². The highest BCUT2D eigenvalue weighted by atomic mass is 32.1. The third-order valence-electron chi connectivity index (χ3n) is 10.9. The van der Waals surface area contributed by atoms with E-state index in [1.54, 1.807) is 0 Å². The SMILES string of the molecule is CC(C)(C)[Si](C)(C)OC[C@@H](O[Si](C)(C)C(C)(C)C)[C@@H]1O[C@H](N=C=S)[C@H](O[Si](C)(C)C(C)(C)C)[C@H]1O[Si](C)(C)C(C)(C)C. The summed E-state index contributed by atoms with van der Waals surface area (Å²) < 4.78 is 35.3. The predicted molar refractivity (Wildman–Crippen MR) is 193 cm³/mol. The summed E-state index contributed by atoms with van der Waals surface area (Å²) in [6, 6.07) is 0. The number of rotatable bonds is 11. The van der Waals surface area contributed by atoms with Crippen LogP contribution in [0, 0.1) is 0 Å². The van der Waals surface area contributed by atoms with Crippen LogP contribution in [0.15, 0.2) is 4.99 Å². The highest BCUT2D eigenvalue weighted by Crippen LogP contribution is 2.46. The molecule has 6 nitrogen and oxygen atoms in total. The molecule has 0 spiro atoms. The van der Waals surface area contributed by atoms with Crippen LogP contribution in [0.25, 0.3) is 0 Å². The molecule has 11 heteroatoms. The van der Waals surface area contributed by atoms with E-state index in [0.29, 0.717) is 6.61 Å². The lowest BCUT2D eigenvalue weighted by molar-refractivity contribution is -0.0695. The number of thiocarbonyl (C=S) groups is 1. The zero-order valence-corrected chi connectivity index (χ0v) is 35.8. The average Bonchev–Trinajstić information content (AvgIpc) is 3.04. The van der Waals surface area contributed by atoms with Crippen LogP contribution in [-0.4, -0.2) is 75.7 Å². The molecule has 0 amide bonds. The molecule has 0 aromatic carbocycles. The van der Waals surface area contributed by atoms with Crippen LogP contribution in [0.3, 0.4) is 0 Å². The number of hydrogen-bond acceptors (Lipinski definition) is 7. The fourth-order valence-electron chi connectivity index (χ4n) is 3.67. The summed E-state index contributed by atoms with van der Waals surface area (Å²) in [5.41, 5.74) is 0. The summed E-state index contributed by atoms with van der Waals surface area (Å²) in [4.78, 5) is 4.54. The van der Waals surface area contributed by atoms with E-state index in [1.165, 1.54) is 0 Å². The third-order valence-corrected chi connectivity index (χ3v) is 29.0. The van der Waals surface area contributed by atoms with Gasteiger partial charge in [0.1, 0.15) is 18.3 Å². The third kappa shape index (κ3) is 9.74. The second-order valence-electron chi connectivity index (χ2n) is 18.4. The first-order valence-corrected chi connectivity index (χ1v) is 27.8. The molecule has 1 saturated heterocycles. The molecule has 1 heterocycles. The topological polar surface area (TPSA) is 58.5 Å². The van der Waals surface area contributed by atoms with Crippen LogP contribution < -0.4 is 0 Å². The lowest BCUT2D eigenvalue weighted by Crippen LogP contribution is -2.58. The molecule has 248 valence electrons. The molecule has 0 unspecified atom stereocenters. The van der Waals surface area contributed by atoms with Crippen LogP contribution in [0.1, 0.15) is 83.1 Å². The van der Waals surface area contributed by atoms with Gasteiger partial charge < -0.3 is 22.4 Å². The van der Waals surface area contributed by atoms with E-state index in [0.717, 1.165) is 0 Å². The molecular formula is C31H67NO5SSi4. The largest absolute Gasteiger partial charge is 0.414 e. The first-order valence-electron chi connectivity index (χ1n) is 15.7. The second-order valence-corrected chi connectivity index (χ2v) is 37.6. The molecule has 0 aromatic rings. The maximum atomic E-state index is 7.28. The van der Waals surface area contributed by atoms with Crippen molar-refractivity contribution in [3.8, 4) is 0 Å². The van der Waals surface area contributed by atoms with Crippen LogP contribution >= 0.6 is 12.2 Å². The van der Waals surface area contributed by atoms with Gasteiger partial charge in [-0.25, -0.2) is 0 Å². The number of hydrogen-bond donors (Lipinski definition) is 0. The van der Waals surface area contributed by atoms with Crippen LogP contribution in [0.4, 0.5) is 0 Å². The molecule has 0 radical (unpaired) electrons. The van der Waals surface area contributed by atoms with Gasteiger partial charge in [0.2, 0.25) is 0 Å². The highest BCUT2D eigenvalue weighted by Gasteiger charge is 2.57. The van der Waals surface area contributed by atoms with Gasteiger partial charge in [0.25, 0.3) is 0 Å². The van der Waals surface area contributed by atoms with Crippen LogP contribution in [-0.2, 0) is 22.4 Å². The van der Waals surface area contributed by atoms with Crippen molar-refractivity contribution in [3.63, 3.8) is 0 Å². The first-order chi connectivity index (χ1) is 18.3. The minimum atomic E-state index is -2.27.